The Hall–Kier alpha value is -1.58. The van der Waals surface area contributed by atoms with Gasteiger partial charge in [-0.05, 0) is 25.3 Å². The van der Waals surface area contributed by atoms with Gasteiger partial charge in [-0.1, -0.05) is 32.8 Å². The number of unbranched alkanes of at least 4 members (excludes halogenated alkanes) is 1. The Morgan fingerprint density at radius 2 is 2.21 bits per heavy atom. The summed E-state index contributed by atoms with van der Waals surface area (Å²) in [6.45, 7) is 4.01. The van der Waals surface area contributed by atoms with E-state index in [4.69, 9.17) is 4.74 Å². The zero-order valence-corrected chi connectivity index (χ0v) is 12.0. The second-order valence-corrected chi connectivity index (χ2v) is 4.89. The van der Waals surface area contributed by atoms with Crippen molar-refractivity contribution >= 4 is 5.97 Å². The number of ether oxygens (including phenoxy) is 1. The third-order valence-electron chi connectivity index (χ3n) is 3.71. The highest BCUT2D eigenvalue weighted by Gasteiger charge is 2.37. The fourth-order valence-corrected chi connectivity index (χ4v) is 2.35. The van der Waals surface area contributed by atoms with Gasteiger partial charge in [0.1, 0.15) is 0 Å². The second-order valence-electron chi connectivity index (χ2n) is 4.89. The van der Waals surface area contributed by atoms with E-state index in [1.54, 1.807) is 13.3 Å². The topological polar surface area (TPSA) is 59.4 Å². The summed E-state index contributed by atoms with van der Waals surface area (Å²) < 4.78 is 5.22. The summed E-state index contributed by atoms with van der Waals surface area (Å²) in [4.78, 5) is 15.8. The molecular formula is C15H23NO3. The molecule has 106 valence electrons. The molecule has 0 aliphatic heterocycles. The lowest BCUT2D eigenvalue weighted by molar-refractivity contribution is -0.149. The van der Waals surface area contributed by atoms with E-state index in [9.17, 15) is 9.90 Å². The van der Waals surface area contributed by atoms with E-state index in [0.717, 1.165) is 18.4 Å². The van der Waals surface area contributed by atoms with Gasteiger partial charge in [-0.2, -0.15) is 0 Å². The number of hydrogen-bond donors (Lipinski definition) is 1. The molecular weight excluding hydrogens is 242 g/mol. The van der Waals surface area contributed by atoms with Crippen LogP contribution in [-0.4, -0.2) is 23.2 Å². The molecule has 1 N–H and O–H groups in total. The predicted octanol–water partition coefficient (Wildman–Crippen LogP) is 3.30. The molecule has 0 fully saturated rings. The number of aromatic nitrogens is 1. The van der Waals surface area contributed by atoms with Crippen LogP contribution in [0.5, 0.6) is 5.88 Å². The quantitative estimate of drug-likeness (QED) is 0.783. The van der Waals surface area contributed by atoms with Crippen LogP contribution in [0.4, 0.5) is 0 Å². The number of carboxylic acids is 1. The summed E-state index contributed by atoms with van der Waals surface area (Å²) in [5.74, 6) is -0.201. The smallest absolute Gasteiger partial charge is 0.309 e. The van der Waals surface area contributed by atoms with Crippen molar-refractivity contribution in [2.75, 3.05) is 7.11 Å². The molecule has 0 saturated heterocycles. The number of pyridine rings is 1. The lowest BCUT2D eigenvalue weighted by Gasteiger charge is -2.28. The molecule has 0 saturated carbocycles. The molecule has 0 radical (unpaired) electrons. The first-order valence-electron chi connectivity index (χ1n) is 6.81. The SMILES string of the molecule is CCCCC(CC)(Cc1cccnc1OC)C(=O)O. The van der Waals surface area contributed by atoms with Crippen molar-refractivity contribution in [3.05, 3.63) is 23.9 Å². The maximum Gasteiger partial charge on any atom is 0.309 e. The van der Waals surface area contributed by atoms with Crippen molar-refractivity contribution in [3.63, 3.8) is 0 Å². The number of aliphatic carboxylic acids is 1. The van der Waals surface area contributed by atoms with E-state index in [1.165, 1.54) is 0 Å². The average Bonchev–Trinajstić information content (AvgIpc) is 2.43. The fraction of sp³-hybridized carbons (Fsp3) is 0.600. The number of carboxylic acid groups (broad SMARTS) is 1. The van der Waals surface area contributed by atoms with E-state index in [-0.39, 0.29) is 0 Å². The van der Waals surface area contributed by atoms with Crippen LogP contribution in [-0.2, 0) is 11.2 Å². The van der Waals surface area contributed by atoms with Gasteiger partial charge in [0.05, 0.1) is 12.5 Å². The van der Waals surface area contributed by atoms with Crippen molar-refractivity contribution < 1.29 is 14.6 Å². The van der Waals surface area contributed by atoms with Crippen LogP contribution in [0.1, 0.15) is 45.1 Å². The summed E-state index contributed by atoms with van der Waals surface area (Å²) in [6.07, 6.45) is 5.34. The monoisotopic (exact) mass is 265 g/mol. The first-order valence-corrected chi connectivity index (χ1v) is 6.81. The minimum atomic E-state index is -0.727. The molecule has 4 heteroatoms. The highest BCUT2D eigenvalue weighted by molar-refractivity contribution is 5.75. The molecule has 0 amide bonds. The Morgan fingerprint density at radius 1 is 1.47 bits per heavy atom. The molecule has 1 aromatic heterocycles. The standard InChI is InChI=1S/C15H23NO3/c1-4-6-9-15(5-2,14(17)18)11-12-8-7-10-16-13(12)19-3/h7-8,10H,4-6,9,11H2,1-3H3,(H,17,18). The third kappa shape index (κ3) is 3.69. The molecule has 4 nitrogen and oxygen atoms in total. The molecule has 0 spiro atoms. The highest BCUT2D eigenvalue weighted by atomic mass is 16.5. The van der Waals surface area contributed by atoms with Crippen molar-refractivity contribution in [2.45, 2.75) is 46.0 Å². The lowest BCUT2D eigenvalue weighted by atomic mass is 9.75. The van der Waals surface area contributed by atoms with Gasteiger partial charge < -0.3 is 9.84 Å². The van der Waals surface area contributed by atoms with Gasteiger partial charge in [-0.15, -0.1) is 0 Å². The van der Waals surface area contributed by atoms with Crippen LogP contribution in [0.2, 0.25) is 0 Å². The molecule has 1 unspecified atom stereocenters. The van der Waals surface area contributed by atoms with Crippen LogP contribution in [0, 0.1) is 5.41 Å². The Kier molecular flexibility index (Phi) is 5.80. The van der Waals surface area contributed by atoms with Crippen LogP contribution in [0.15, 0.2) is 18.3 Å². The van der Waals surface area contributed by atoms with Gasteiger partial charge in [0.15, 0.2) is 0 Å². The lowest BCUT2D eigenvalue weighted by Crippen LogP contribution is -2.33. The largest absolute Gasteiger partial charge is 0.481 e. The molecule has 1 atom stereocenters. The number of hydrogen-bond acceptors (Lipinski definition) is 3. The molecule has 0 aliphatic carbocycles. The molecule has 1 aromatic rings. The van der Waals surface area contributed by atoms with Gasteiger partial charge in [-0.25, -0.2) is 4.98 Å². The molecule has 0 aromatic carbocycles. The molecule has 0 aliphatic rings. The maximum atomic E-state index is 11.7. The Bertz CT molecular complexity index is 420. The van der Waals surface area contributed by atoms with Crippen molar-refractivity contribution in [1.82, 2.24) is 4.98 Å². The Balaban J connectivity index is 3.02. The van der Waals surface area contributed by atoms with E-state index >= 15 is 0 Å². The first kappa shape index (κ1) is 15.5. The summed E-state index contributed by atoms with van der Waals surface area (Å²) in [5, 5.41) is 9.61. The highest BCUT2D eigenvalue weighted by Crippen LogP contribution is 2.35. The van der Waals surface area contributed by atoms with Crippen molar-refractivity contribution in [3.8, 4) is 5.88 Å². The van der Waals surface area contributed by atoms with Crippen LogP contribution >= 0.6 is 0 Å². The molecule has 19 heavy (non-hydrogen) atoms. The van der Waals surface area contributed by atoms with Gasteiger partial charge in [0, 0.05) is 11.8 Å². The van der Waals surface area contributed by atoms with Gasteiger partial charge in [0.2, 0.25) is 5.88 Å². The van der Waals surface area contributed by atoms with Crippen LogP contribution in [0.3, 0.4) is 0 Å². The second kappa shape index (κ2) is 7.12. The molecule has 1 rings (SSSR count). The molecule has 0 bridgehead atoms. The summed E-state index contributed by atoms with van der Waals surface area (Å²) in [7, 11) is 1.56. The predicted molar refractivity (Wildman–Crippen MR) is 74.4 cm³/mol. The van der Waals surface area contributed by atoms with Crippen LogP contribution in [0.25, 0.3) is 0 Å². The van der Waals surface area contributed by atoms with Gasteiger partial charge in [-0.3, -0.25) is 4.79 Å². The number of rotatable bonds is 8. The average molecular weight is 265 g/mol. The minimum Gasteiger partial charge on any atom is -0.481 e. The Morgan fingerprint density at radius 3 is 2.74 bits per heavy atom. The number of methoxy groups -OCH3 is 1. The van der Waals surface area contributed by atoms with Gasteiger partial charge in [0.25, 0.3) is 0 Å². The van der Waals surface area contributed by atoms with E-state index in [1.807, 2.05) is 19.1 Å². The van der Waals surface area contributed by atoms with E-state index < -0.39 is 11.4 Å². The third-order valence-corrected chi connectivity index (χ3v) is 3.71. The van der Waals surface area contributed by atoms with Gasteiger partial charge >= 0.3 is 5.97 Å². The normalized spacial score (nSPS) is 13.8. The zero-order chi connectivity index (χ0) is 14.3. The molecule has 1 heterocycles. The van der Waals surface area contributed by atoms with Crippen LogP contribution < -0.4 is 4.74 Å². The fourth-order valence-electron chi connectivity index (χ4n) is 2.35. The first-order chi connectivity index (χ1) is 9.09. The number of nitrogens with zero attached hydrogens (tertiary/aromatic N) is 1. The van der Waals surface area contributed by atoms with E-state index in [2.05, 4.69) is 11.9 Å². The van der Waals surface area contributed by atoms with Crippen molar-refractivity contribution in [1.29, 1.82) is 0 Å². The summed E-state index contributed by atoms with van der Waals surface area (Å²) >= 11 is 0. The minimum absolute atomic E-state index is 0.468. The summed E-state index contributed by atoms with van der Waals surface area (Å²) in [6, 6.07) is 3.71. The number of carbonyl (C=O) groups is 1. The maximum absolute atomic E-state index is 11.7. The zero-order valence-electron chi connectivity index (χ0n) is 12.0. The van der Waals surface area contributed by atoms with Crippen molar-refractivity contribution in [2.24, 2.45) is 5.41 Å². The van der Waals surface area contributed by atoms with E-state index in [0.29, 0.717) is 25.1 Å². The summed E-state index contributed by atoms with van der Waals surface area (Å²) in [5.41, 5.74) is 0.150. The Labute approximate surface area is 114 Å².